The van der Waals surface area contributed by atoms with Gasteiger partial charge in [0, 0.05) is 28.0 Å². The summed E-state index contributed by atoms with van der Waals surface area (Å²) in [5.74, 6) is 0.146. The van der Waals surface area contributed by atoms with Crippen LogP contribution in [0.4, 0.5) is 10.8 Å². The lowest BCUT2D eigenvalue weighted by Crippen LogP contribution is -2.38. The van der Waals surface area contributed by atoms with Crippen LogP contribution >= 0.6 is 11.3 Å². The van der Waals surface area contributed by atoms with Gasteiger partial charge in [-0.1, -0.05) is 37.3 Å². The van der Waals surface area contributed by atoms with Gasteiger partial charge in [0.2, 0.25) is 11.8 Å². The zero-order valence-corrected chi connectivity index (χ0v) is 19.2. The van der Waals surface area contributed by atoms with Crippen molar-refractivity contribution < 1.29 is 14.3 Å². The van der Waals surface area contributed by atoms with Crippen LogP contribution in [-0.2, 0) is 9.59 Å². The lowest BCUT2D eigenvalue weighted by atomic mass is 10.1. The predicted molar refractivity (Wildman–Crippen MR) is 132 cm³/mol. The number of rotatable bonds is 9. The first kappa shape index (κ1) is 22.5. The van der Waals surface area contributed by atoms with E-state index in [1.54, 1.807) is 24.1 Å². The van der Waals surface area contributed by atoms with E-state index in [2.05, 4.69) is 20.6 Å². The average molecular weight is 464 g/mol. The number of aromatic nitrogens is 2. The molecule has 0 saturated carbocycles. The van der Waals surface area contributed by atoms with Gasteiger partial charge in [-0.25, -0.2) is 4.98 Å². The molecule has 2 aromatic carbocycles. The summed E-state index contributed by atoms with van der Waals surface area (Å²) in [6.07, 6.45) is 1.92. The van der Waals surface area contributed by atoms with Crippen LogP contribution < -0.4 is 15.4 Å². The molecule has 0 radical (unpaired) electrons. The average Bonchev–Trinajstić information content (AvgIpc) is 3.45. The summed E-state index contributed by atoms with van der Waals surface area (Å²) >= 11 is 1.37. The lowest BCUT2D eigenvalue weighted by Gasteiger charge is -2.19. The SMILES string of the molecule is CCN(CC(=O)Nc1nc(-c2c[nH]c3ccccc23)cs1)CC(=O)Nc1ccccc1OC. The van der Waals surface area contributed by atoms with E-state index in [1.165, 1.54) is 11.3 Å². The number of hydrogen-bond donors (Lipinski definition) is 3. The number of nitrogens with one attached hydrogen (secondary N) is 3. The Hall–Kier alpha value is -3.69. The minimum Gasteiger partial charge on any atom is -0.495 e. The number of carbonyl (C=O) groups excluding carboxylic acids is 2. The molecule has 4 rings (SSSR count). The second kappa shape index (κ2) is 10.3. The van der Waals surface area contributed by atoms with Gasteiger partial charge in [0.1, 0.15) is 5.75 Å². The van der Waals surface area contributed by atoms with Gasteiger partial charge in [-0.15, -0.1) is 11.3 Å². The smallest absolute Gasteiger partial charge is 0.240 e. The molecule has 170 valence electrons. The molecule has 4 aromatic rings. The van der Waals surface area contributed by atoms with Crippen molar-refractivity contribution in [2.24, 2.45) is 0 Å². The molecule has 0 atom stereocenters. The Morgan fingerprint density at radius 2 is 1.79 bits per heavy atom. The van der Waals surface area contributed by atoms with E-state index in [-0.39, 0.29) is 24.9 Å². The highest BCUT2D eigenvalue weighted by atomic mass is 32.1. The van der Waals surface area contributed by atoms with Crippen molar-refractivity contribution >= 4 is 44.9 Å². The number of nitrogens with zero attached hydrogens (tertiary/aromatic N) is 2. The summed E-state index contributed by atoms with van der Waals surface area (Å²) in [7, 11) is 1.55. The van der Waals surface area contributed by atoms with Gasteiger partial charge in [-0.2, -0.15) is 0 Å². The van der Waals surface area contributed by atoms with Crippen LogP contribution in [0.3, 0.4) is 0 Å². The molecule has 0 spiro atoms. The second-order valence-corrected chi connectivity index (χ2v) is 8.24. The fourth-order valence-corrected chi connectivity index (χ4v) is 4.25. The number of para-hydroxylation sites is 3. The van der Waals surface area contributed by atoms with Crippen molar-refractivity contribution in [2.75, 3.05) is 37.4 Å². The van der Waals surface area contributed by atoms with Crippen molar-refractivity contribution in [2.45, 2.75) is 6.92 Å². The summed E-state index contributed by atoms with van der Waals surface area (Å²) in [4.78, 5) is 34.6. The highest BCUT2D eigenvalue weighted by Gasteiger charge is 2.16. The number of fused-ring (bicyclic) bond motifs is 1. The van der Waals surface area contributed by atoms with Crippen LogP contribution in [0, 0.1) is 0 Å². The Kier molecular flexibility index (Phi) is 7.01. The molecule has 8 nitrogen and oxygen atoms in total. The van der Waals surface area contributed by atoms with Gasteiger partial charge < -0.3 is 20.4 Å². The van der Waals surface area contributed by atoms with Gasteiger partial charge in [0.05, 0.1) is 31.6 Å². The van der Waals surface area contributed by atoms with E-state index in [9.17, 15) is 9.59 Å². The Morgan fingerprint density at radius 1 is 1.06 bits per heavy atom. The number of amides is 2. The van der Waals surface area contributed by atoms with Crippen LogP contribution in [0.2, 0.25) is 0 Å². The van der Waals surface area contributed by atoms with E-state index in [1.807, 2.05) is 54.9 Å². The van der Waals surface area contributed by atoms with Crippen molar-refractivity contribution in [3.8, 4) is 17.0 Å². The zero-order chi connectivity index (χ0) is 23.2. The number of benzene rings is 2. The van der Waals surface area contributed by atoms with Gasteiger partial charge in [-0.05, 0) is 24.7 Å². The maximum Gasteiger partial charge on any atom is 0.240 e. The second-order valence-electron chi connectivity index (χ2n) is 7.39. The minimum absolute atomic E-state index is 0.0812. The van der Waals surface area contributed by atoms with E-state index < -0.39 is 0 Å². The molecule has 0 aliphatic heterocycles. The summed E-state index contributed by atoms with van der Waals surface area (Å²) in [6, 6.07) is 15.2. The predicted octanol–water partition coefficient (Wildman–Crippen LogP) is 4.20. The topological polar surface area (TPSA) is 99.4 Å². The molecule has 0 saturated heterocycles. The van der Waals surface area contributed by atoms with Crippen LogP contribution in [0.15, 0.2) is 60.1 Å². The number of hydrogen-bond acceptors (Lipinski definition) is 6. The highest BCUT2D eigenvalue weighted by molar-refractivity contribution is 7.14. The summed E-state index contributed by atoms with van der Waals surface area (Å²) in [6.45, 7) is 2.62. The van der Waals surface area contributed by atoms with Gasteiger partial charge in [0.15, 0.2) is 5.13 Å². The van der Waals surface area contributed by atoms with Gasteiger partial charge in [-0.3, -0.25) is 14.5 Å². The van der Waals surface area contributed by atoms with E-state index in [0.717, 1.165) is 22.2 Å². The zero-order valence-electron chi connectivity index (χ0n) is 18.4. The maximum absolute atomic E-state index is 12.6. The first-order valence-corrected chi connectivity index (χ1v) is 11.4. The van der Waals surface area contributed by atoms with E-state index in [0.29, 0.717) is 23.1 Å². The number of carbonyl (C=O) groups is 2. The van der Waals surface area contributed by atoms with Gasteiger partial charge >= 0.3 is 0 Å². The van der Waals surface area contributed by atoms with Crippen molar-refractivity contribution in [3.05, 3.63) is 60.1 Å². The van der Waals surface area contributed by atoms with Crippen LogP contribution in [0.5, 0.6) is 5.75 Å². The standard InChI is InChI=1S/C24H25N5O3S/c1-3-29(13-22(30)26-19-10-6-7-11-21(19)32-2)14-23(31)28-24-27-20(15-33-24)17-12-25-18-9-5-4-8-16(17)18/h4-12,15,25H,3,13-14H2,1-2H3,(H,26,30)(H,27,28,31). The first-order chi connectivity index (χ1) is 16.1. The number of H-pyrrole nitrogens is 1. The van der Waals surface area contributed by atoms with Gasteiger partial charge in [0.25, 0.3) is 0 Å². The molecule has 2 heterocycles. The molecule has 2 amide bonds. The molecule has 0 fully saturated rings. The number of ether oxygens (including phenoxy) is 1. The van der Waals surface area contributed by atoms with Crippen LogP contribution in [0.25, 0.3) is 22.2 Å². The third-order valence-electron chi connectivity index (χ3n) is 5.18. The fourth-order valence-electron chi connectivity index (χ4n) is 3.52. The normalized spacial score (nSPS) is 11.0. The summed E-state index contributed by atoms with van der Waals surface area (Å²) in [5.41, 5.74) is 3.43. The highest BCUT2D eigenvalue weighted by Crippen LogP contribution is 2.31. The monoisotopic (exact) mass is 463 g/mol. The van der Waals surface area contributed by atoms with Crippen LogP contribution in [0.1, 0.15) is 6.92 Å². The molecule has 0 bridgehead atoms. The van der Waals surface area contributed by atoms with Crippen molar-refractivity contribution in [1.82, 2.24) is 14.9 Å². The Morgan fingerprint density at radius 3 is 2.58 bits per heavy atom. The van der Waals surface area contributed by atoms with Crippen molar-refractivity contribution in [3.63, 3.8) is 0 Å². The third-order valence-corrected chi connectivity index (χ3v) is 5.94. The molecule has 0 aliphatic rings. The lowest BCUT2D eigenvalue weighted by molar-refractivity contribution is -0.119. The van der Waals surface area contributed by atoms with E-state index >= 15 is 0 Å². The number of aromatic amines is 1. The molecule has 2 aromatic heterocycles. The summed E-state index contributed by atoms with van der Waals surface area (Å²) in [5, 5.41) is 9.20. The molecule has 3 N–H and O–H groups in total. The van der Waals surface area contributed by atoms with Crippen molar-refractivity contribution in [1.29, 1.82) is 0 Å². The van der Waals surface area contributed by atoms with Crippen LogP contribution in [-0.4, -0.2) is 53.4 Å². The number of thiazole rings is 1. The quantitative estimate of drug-likeness (QED) is 0.346. The molecular formula is C24H25N5O3S. The third kappa shape index (κ3) is 5.39. The molecule has 0 unspecified atom stereocenters. The number of methoxy groups -OCH3 is 1. The molecule has 0 aliphatic carbocycles. The summed E-state index contributed by atoms with van der Waals surface area (Å²) < 4.78 is 5.26. The largest absolute Gasteiger partial charge is 0.495 e. The number of anilines is 2. The number of likely N-dealkylation sites (N-methyl/N-ethyl adjacent to an activating group) is 1. The Labute approximate surface area is 195 Å². The minimum atomic E-state index is -0.221. The molecule has 33 heavy (non-hydrogen) atoms. The Bertz CT molecular complexity index is 1270. The Balaban J connectivity index is 1.34. The fraction of sp³-hybridized carbons (Fsp3) is 0.208. The maximum atomic E-state index is 12.6. The van der Waals surface area contributed by atoms with E-state index in [4.69, 9.17) is 4.74 Å². The molecule has 9 heteroatoms. The first-order valence-electron chi connectivity index (χ1n) is 10.5. The molecular weight excluding hydrogens is 438 g/mol.